The maximum Gasteiger partial charge on any atom is 0.469 e. The van der Waals surface area contributed by atoms with Gasteiger partial charge in [0.15, 0.2) is 0 Å². The van der Waals surface area contributed by atoms with Crippen molar-refractivity contribution in [2.75, 3.05) is 6.61 Å². The summed E-state index contributed by atoms with van der Waals surface area (Å²) in [6, 6.07) is -1.42. The lowest BCUT2D eigenvalue weighted by molar-refractivity contribution is -0.294. The first-order valence-corrected chi connectivity index (χ1v) is 8.45. The average molecular weight is 389 g/mol. The van der Waals surface area contributed by atoms with Crippen molar-refractivity contribution in [3.8, 4) is 0 Å². The van der Waals surface area contributed by atoms with Gasteiger partial charge in [0.05, 0.1) is 18.8 Å². The highest BCUT2D eigenvalue weighted by molar-refractivity contribution is 7.46. The summed E-state index contributed by atoms with van der Waals surface area (Å²) in [6.45, 7) is -0.0127. The molecule has 14 heteroatoms. The number of phosphoric ester groups is 1. The maximum absolute atomic E-state index is 11.2. The molecule has 1 heterocycles. The number of hydrogen-bond donors (Lipinski definition) is 8. The predicted molar refractivity (Wildman–Crippen MR) is 75.7 cm³/mol. The third-order valence-corrected chi connectivity index (χ3v) is 3.92. The van der Waals surface area contributed by atoms with E-state index in [-0.39, 0.29) is 0 Å². The highest BCUT2D eigenvalue weighted by Gasteiger charge is 2.54. The van der Waals surface area contributed by atoms with Crippen molar-refractivity contribution in [1.29, 1.82) is 0 Å². The number of aliphatic hydroxyl groups is 4. The molecule has 0 bridgehead atoms. The van der Waals surface area contributed by atoms with Crippen molar-refractivity contribution in [2.45, 2.75) is 49.6 Å². The van der Waals surface area contributed by atoms with Gasteiger partial charge in [-0.2, -0.15) is 0 Å². The molecule has 1 rings (SSSR count). The number of nitrogens with one attached hydrogen (secondary N) is 1. The summed E-state index contributed by atoms with van der Waals surface area (Å²) in [6.07, 6.45) is -8.43. The van der Waals surface area contributed by atoms with Crippen LogP contribution in [0.1, 0.15) is 13.3 Å². The Bertz CT molecular complexity index is 551. The van der Waals surface area contributed by atoms with Crippen LogP contribution in [0.5, 0.6) is 0 Å². The zero-order chi connectivity index (χ0) is 19.6. The van der Waals surface area contributed by atoms with E-state index in [9.17, 15) is 34.6 Å². The molecule has 6 atom stereocenters. The number of hydrogen-bond acceptors (Lipinski definition) is 9. The molecule has 1 fully saturated rings. The average Bonchev–Trinajstić information content (AvgIpc) is 2.45. The minimum Gasteiger partial charge on any atom is -0.477 e. The number of carboxylic acids is 1. The number of aliphatic carboxylic acids is 1. The standard InChI is InChI=1S/C11H20NO12P/c1-4(13)12-7-5(14)2-11(19,10(17)18)24-9(7)8(16)6(15)3-23-25(20,21)22/h5-9,14-16,19H,2-3H2,1H3,(H,12,13)(H,17,18)(H2,20,21,22)/t5-,6+,7+,8-,9+,11-/m0/s1. The monoisotopic (exact) mass is 389 g/mol. The number of ether oxygens (including phenoxy) is 1. The van der Waals surface area contributed by atoms with Crippen LogP contribution in [0, 0.1) is 0 Å². The van der Waals surface area contributed by atoms with Gasteiger partial charge in [0, 0.05) is 13.3 Å². The Balaban J connectivity index is 3.02. The molecule has 1 saturated heterocycles. The maximum atomic E-state index is 11.2. The summed E-state index contributed by atoms with van der Waals surface area (Å²) in [5, 5.41) is 50.9. The number of rotatable bonds is 7. The molecule has 0 saturated carbocycles. The van der Waals surface area contributed by atoms with Crippen LogP contribution in [0.15, 0.2) is 0 Å². The lowest BCUT2D eigenvalue weighted by atomic mass is 9.88. The van der Waals surface area contributed by atoms with Crippen molar-refractivity contribution >= 4 is 19.7 Å². The number of aliphatic hydroxyl groups excluding tert-OH is 3. The molecule has 146 valence electrons. The molecule has 0 aromatic carbocycles. The minimum atomic E-state index is -4.97. The van der Waals surface area contributed by atoms with Gasteiger partial charge in [0.25, 0.3) is 5.79 Å². The zero-order valence-electron chi connectivity index (χ0n) is 12.9. The van der Waals surface area contributed by atoms with E-state index in [0.717, 1.165) is 6.92 Å². The molecule has 1 aliphatic rings. The number of phosphoric acid groups is 1. The van der Waals surface area contributed by atoms with Gasteiger partial charge in [0.1, 0.15) is 18.3 Å². The summed E-state index contributed by atoms with van der Waals surface area (Å²) in [7, 11) is -4.97. The Labute approximate surface area is 141 Å². The third kappa shape index (κ3) is 5.95. The first kappa shape index (κ1) is 21.9. The van der Waals surface area contributed by atoms with Crippen molar-refractivity contribution in [3.05, 3.63) is 0 Å². The van der Waals surface area contributed by atoms with Crippen molar-refractivity contribution in [2.24, 2.45) is 0 Å². The molecule has 0 radical (unpaired) electrons. The van der Waals surface area contributed by atoms with E-state index in [2.05, 4.69) is 9.84 Å². The van der Waals surface area contributed by atoms with E-state index in [4.69, 9.17) is 19.6 Å². The number of amides is 1. The van der Waals surface area contributed by atoms with E-state index in [0.29, 0.717) is 0 Å². The van der Waals surface area contributed by atoms with Crippen molar-refractivity contribution in [3.63, 3.8) is 0 Å². The molecular weight excluding hydrogens is 369 g/mol. The van der Waals surface area contributed by atoms with Crippen LogP contribution in [-0.4, -0.2) is 90.0 Å². The fourth-order valence-electron chi connectivity index (χ4n) is 2.30. The fraction of sp³-hybridized carbons (Fsp3) is 0.818. The summed E-state index contributed by atoms with van der Waals surface area (Å²) >= 11 is 0. The van der Waals surface area contributed by atoms with Gasteiger partial charge in [-0.1, -0.05) is 0 Å². The third-order valence-electron chi connectivity index (χ3n) is 3.43. The lowest BCUT2D eigenvalue weighted by Gasteiger charge is -2.44. The summed E-state index contributed by atoms with van der Waals surface area (Å²) in [5.74, 6) is -5.48. The second-order valence-corrected chi connectivity index (χ2v) is 6.75. The topological polar surface area (TPSA) is 223 Å². The highest BCUT2D eigenvalue weighted by atomic mass is 31.2. The first-order chi connectivity index (χ1) is 11.3. The van der Waals surface area contributed by atoms with Crippen LogP contribution >= 0.6 is 7.82 Å². The normalized spacial score (nSPS) is 32.7. The molecule has 13 nitrogen and oxygen atoms in total. The van der Waals surface area contributed by atoms with Gasteiger partial charge in [-0.3, -0.25) is 9.32 Å². The Morgan fingerprint density at radius 1 is 1.40 bits per heavy atom. The number of carbonyl (C=O) groups excluding carboxylic acids is 1. The molecule has 0 aromatic rings. The van der Waals surface area contributed by atoms with Gasteiger partial charge < -0.3 is 45.4 Å². The van der Waals surface area contributed by atoms with Crippen LogP contribution < -0.4 is 5.32 Å². The van der Waals surface area contributed by atoms with Crippen LogP contribution in [0.3, 0.4) is 0 Å². The van der Waals surface area contributed by atoms with Gasteiger partial charge >= 0.3 is 13.8 Å². The first-order valence-electron chi connectivity index (χ1n) is 6.92. The minimum absolute atomic E-state index is 0.688. The Morgan fingerprint density at radius 2 is 1.96 bits per heavy atom. The number of carbonyl (C=O) groups is 2. The van der Waals surface area contributed by atoms with Crippen LogP contribution in [0.4, 0.5) is 0 Å². The van der Waals surface area contributed by atoms with Gasteiger partial charge in [-0.25, -0.2) is 9.36 Å². The molecular formula is C11H20NO12P. The van der Waals surface area contributed by atoms with Crippen molar-refractivity contribution < 1.29 is 58.7 Å². The molecule has 0 spiro atoms. The zero-order valence-corrected chi connectivity index (χ0v) is 13.8. The van der Waals surface area contributed by atoms with Gasteiger partial charge in [-0.05, 0) is 0 Å². The number of carboxylic acid groups (broad SMARTS) is 1. The quantitative estimate of drug-likeness (QED) is 0.197. The molecule has 0 unspecified atom stereocenters. The van der Waals surface area contributed by atoms with E-state index in [1.165, 1.54) is 0 Å². The summed E-state index contributed by atoms with van der Waals surface area (Å²) < 4.78 is 19.5. The smallest absolute Gasteiger partial charge is 0.469 e. The molecule has 0 aromatic heterocycles. The molecule has 1 aliphatic heterocycles. The van der Waals surface area contributed by atoms with Crippen LogP contribution in [0.2, 0.25) is 0 Å². The molecule has 25 heavy (non-hydrogen) atoms. The van der Waals surface area contributed by atoms with Crippen LogP contribution in [0.25, 0.3) is 0 Å². The van der Waals surface area contributed by atoms with Crippen molar-refractivity contribution in [1.82, 2.24) is 5.32 Å². The highest BCUT2D eigenvalue weighted by Crippen LogP contribution is 2.36. The van der Waals surface area contributed by atoms with Gasteiger partial charge in [0.2, 0.25) is 5.91 Å². The molecule has 0 aliphatic carbocycles. The Morgan fingerprint density at radius 3 is 2.40 bits per heavy atom. The fourth-order valence-corrected chi connectivity index (χ4v) is 2.65. The second kappa shape index (κ2) is 8.03. The predicted octanol–water partition coefficient (Wildman–Crippen LogP) is -3.75. The van der Waals surface area contributed by atoms with E-state index >= 15 is 0 Å². The van der Waals surface area contributed by atoms with Crippen LogP contribution in [-0.2, 0) is 23.4 Å². The van der Waals surface area contributed by atoms with E-state index in [1.807, 2.05) is 0 Å². The lowest BCUT2D eigenvalue weighted by Crippen LogP contribution is -2.67. The second-order valence-electron chi connectivity index (χ2n) is 5.51. The summed E-state index contributed by atoms with van der Waals surface area (Å²) in [4.78, 5) is 39.5. The largest absolute Gasteiger partial charge is 0.477 e. The summed E-state index contributed by atoms with van der Waals surface area (Å²) in [5.41, 5.74) is 0. The Kier molecular flexibility index (Phi) is 7.03. The van der Waals surface area contributed by atoms with E-state index < -0.39 is 69.0 Å². The Hall–Kier alpha value is -1.15. The van der Waals surface area contributed by atoms with Gasteiger partial charge in [-0.15, -0.1) is 0 Å². The SMILES string of the molecule is CC(=O)N[C@H]1[C@H]([C@@H](O)[C@H](O)COP(=O)(O)O)O[C@](O)(C(=O)O)C[C@@H]1O. The van der Waals surface area contributed by atoms with E-state index in [1.54, 1.807) is 0 Å². The molecule has 1 amide bonds. The molecule has 8 N–H and O–H groups in total.